The Morgan fingerprint density at radius 3 is 1.36 bits per heavy atom. The largest absolute Gasteiger partial charge is 0.115 e. The molecular formula is C24H24P+. The first kappa shape index (κ1) is 16.3. The van der Waals surface area contributed by atoms with Gasteiger partial charge in [-0.05, 0) is 49.2 Å². The molecule has 0 saturated carbocycles. The third kappa shape index (κ3) is 2.96. The fourth-order valence-corrected chi connectivity index (χ4v) is 9.26. The fraction of sp³-hybridized carbons (Fsp3) is 0.167. The predicted octanol–water partition coefficient (Wildman–Crippen LogP) is 5.09. The lowest BCUT2D eigenvalue weighted by Gasteiger charge is -2.35. The Kier molecular flexibility index (Phi) is 4.81. The van der Waals surface area contributed by atoms with Crippen LogP contribution in [0.3, 0.4) is 0 Å². The molecule has 0 heterocycles. The molecule has 1 atom stereocenters. The lowest BCUT2D eigenvalue weighted by Crippen LogP contribution is -2.39. The topological polar surface area (TPSA) is 0 Å². The van der Waals surface area contributed by atoms with E-state index in [1.807, 2.05) is 0 Å². The van der Waals surface area contributed by atoms with E-state index in [9.17, 15) is 0 Å². The molecule has 0 bridgehead atoms. The van der Waals surface area contributed by atoms with Gasteiger partial charge in [-0.25, -0.2) is 0 Å². The zero-order valence-corrected chi connectivity index (χ0v) is 15.4. The second-order valence-electron chi connectivity index (χ2n) is 6.67. The zero-order valence-electron chi connectivity index (χ0n) is 14.5. The van der Waals surface area contributed by atoms with E-state index in [1.165, 1.54) is 35.2 Å². The maximum Gasteiger partial charge on any atom is 0.115 e. The van der Waals surface area contributed by atoms with Crippen molar-refractivity contribution in [2.24, 2.45) is 0 Å². The second-order valence-corrected chi connectivity index (χ2v) is 10.4. The van der Waals surface area contributed by atoms with Crippen LogP contribution in [0, 0.1) is 0 Å². The van der Waals surface area contributed by atoms with Gasteiger partial charge in [0, 0.05) is 6.42 Å². The molecule has 25 heavy (non-hydrogen) atoms. The van der Waals surface area contributed by atoms with Crippen molar-refractivity contribution in [3.63, 3.8) is 0 Å². The predicted molar refractivity (Wildman–Crippen MR) is 112 cm³/mol. The average molecular weight is 343 g/mol. The lowest BCUT2D eigenvalue weighted by atomic mass is 10.1. The minimum absolute atomic E-state index is 0.671. The van der Waals surface area contributed by atoms with Crippen LogP contribution in [0.4, 0.5) is 0 Å². The Bertz CT molecular complexity index is 725. The summed E-state index contributed by atoms with van der Waals surface area (Å²) < 4.78 is 0. The summed E-state index contributed by atoms with van der Waals surface area (Å²) in [6.07, 6.45) is 8.39. The molecular weight excluding hydrogens is 319 g/mol. The Labute approximate surface area is 151 Å². The van der Waals surface area contributed by atoms with Gasteiger partial charge in [0.2, 0.25) is 0 Å². The summed E-state index contributed by atoms with van der Waals surface area (Å²) in [5.74, 6) is 0. The van der Waals surface area contributed by atoms with Crippen molar-refractivity contribution in [2.45, 2.75) is 24.9 Å². The lowest BCUT2D eigenvalue weighted by molar-refractivity contribution is 0.739. The molecule has 0 fully saturated rings. The van der Waals surface area contributed by atoms with Gasteiger partial charge in [-0.1, -0.05) is 66.7 Å². The van der Waals surface area contributed by atoms with E-state index in [1.54, 1.807) is 0 Å². The summed E-state index contributed by atoms with van der Waals surface area (Å²) in [6, 6.07) is 33.7. The molecule has 0 saturated heterocycles. The molecule has 0 aliphatic heterocycles. The average Bonchev–Trinajstić information content (AvgIpc) is 2.72. The molecule has 3 aromatic rings. The molecule has 1 unspecified atom stereocenters. The molecule has 1 aliphatic carbocycles. The van der Waals surface area contributed by atoms with Gasteiger partial charge in [0.15, 0.2) is 0 Å². The highest BCUT2D eigenvalue weighted by Gasteiger charge is 2.51. The second kappa shape index (κ2) is 7.38. The number of allylic oxidation sites excluding steroid dienone is 2. The van der Waals surface area contributed by atoms with Gasteiger partial charge in [-0.3, -0.25) is 0 Å². The monoisotopic (exact) mass is 343 g/mol. The van der Waals surface area contributed by atoms with Gasteiger partial charge in [-0.15, -0.1) is 0 Å². The molecule has 0 aromatic heterocycles. The summed E-state index contributed by atoms with van der Waals surface area (Å²) in [5, 5.41) is 4.52. The van der Waals surface area contributed by atoms with Crippen LogP contribution in [0.1, 0.15) is 19.3 Å². The van der Waals surface area contributed by atoms with Gasteiger partial charge in [0.25, 0.3) is 0 Å². The van der Waals surface area contributed by atoms with Crippen molar-refractivity contribution in [1.82, 2.24) is 0 Å². The normalized spacial score (nSPS) is 17.4. The molecule has 1 heteroatoms. The summed E-state index contributed by atoms with van der Waals surface area (Å²) in [6.45, 7) is 0. The van der Waals surface area contributed by atoms with Gasteiger partial charge < -0.3 is 0 Å². The molecule has 0 nitrogen and oxygen atoms in total. The van der Waals surface area contributed by atoms with Crippen LogP contribution in [0.15, 0.2) is 103 Å². The SMILES string of the molecule is C1=CCC([P+](c2ccccc2)(c2ccccc2)c2ccccc2)CC1. The Balaban J connectivity index is 2.03. The van der Waals surface area contributed by atoms with E-state index in [-0.39, 0.29) is 0 Å². The highest BCUT2D eigenvalue weighted by molar-refractivity contribution is 7.96. The fourth-order valence-electron chi connectivity index (χ4n) is 4.20. The zero-order chi connectivity index (χ0) is 17.0. The first-order valence-corrected chi connectivity index (χ1v) is 11.0. The first-order chi connectivity index (χ1) is 12.4. The van der Waals surface area contributed by atoms with E-state index >= 15 is 0 Å². The van der Waals surface area contributed by atoms with Crippen LogP contribution in [0.5, 0.6) is 0 Å². The first-order valence-electron chi connectivity index (χ1n) is 9.13. The van der Waals surface area contributed by atoms with E-state index in [0.717, 1.165) is 0 Å². The maximum absolute atomic E-state index is 2.40. The van der Waals surface area contributed by atoms with Crippen LogP contribution >= 0.6 is 7.26 Å². The van der Waals surface area contributed by atoms with Gasteiger partial charge in [-0.2, -0.15) is 0 Å². The van der Waals surface area contributed by atoms with Crippen molar-refractivity contribution in [3.8, 4) is 0 Å². The molecule has 0 radical (unpaired) electrons. The molecule has 124 valence electrons. The van der Waals surface area contributed by atoms with Crippen molar-refractivity contribution in [1.29, 1.82) is 0 Å². The van der Waals surface area contributed by atoms with Crippen molar-refractivity contribution in [2.75, 3.05) is 0 Å². The quantitative estimate of drug-likeness (QED) is 0.457. The highest BCUT2D eigenvalue weighted by atomic mass is 31.2. The van der Waals surface area contributed by atoms with E-state index in [2.05, 4.69) is 103 Å². The number of hydrogen-bond acceptors (Lipinski definition) is 0. The summed E-state index contributed by atoms with van der Waals surface area (Å²) in [5.41, 5.74) is 0.671. The number of benzene rings is 3. The van der Waals surface area contributed by atoms with Crippen LogP contribution in [0.25, 0.3) is 0 Å². The van der Waals surface area contributed by atoms with Crippen molar-refractivity contribution < 1.29 is 0 Å². The smallest absolute Gasteiger partial charge is 0.0882 e. The van der Waals surface area contributed by atoms with Gasteiger partial charge in [0.05, 0.1) is 5.66 Å². The minimum Gasteiger partial charge on any atom is -0.0882 e. The van der Waals surface area contributed by atoms with Gasteiger partial charge in [0.1, 0.15) is 23.2 Å². The maximum atomic E-state index is 2.40. The minimum atomic E-state index is -1.68. The van der Waals surface area contributed by atoms with E-state index in [4.69, 9.17) is 0 Å². The molecule has 4 rings (SSSR count). The summed E-state index contributed by atoms with van der Waals surface area (Å²) >= 11 is 0. The molecule has 1 aliphatic rings. The Morgan fingerprint density at radius 2 is 1.00 bits per heavy atom. The van der Waals surface area contributed by atoms with Crippen LogP contribution in [-0.2, 0) is 0 Å². The highest BCUT2D eigenvalue weighted by Crippen LogP contribution is 2.62. The Hall–Kier alpha value is -2.17. The summed E-state index contributed by atoms with van der Waals surface area (Å²) in [7, 11) is -1.68. The molecule has 0 N–H and O–H groups in total. The van der Waals surface area contributed by atoms with E-state index in [0.29, 0.717) is 5.66 Å². The van der Waals surface area contributed by atoms with Crippen LogP contribution < -0.4 is 15.9 Å². The van der Waals surface area contributed by atoms with Crippen LogP contribution in [0.2, 0.25) is 0 Å². The summed E-state index contributed by atoms with van der Waals surface area (Å²) in [4.78, 5) is 0. The Morgan fingerprint density at radius 1 is 0.560 bits per heavy atom. The van der Waals surface area contributed by atoms with Gasteiger partial charge >= 0.3 is 0 Å². The third-order valence-electron chi connectivity index (χ3n) is 5.28. The molecule has 0 amide bonds. The molecule has 0 spiro atoms. The number of hydrogen-bond donors (Lipinski definition) is 0. The van der Waals surface area contributed by atoms with Crippen molar-refractivity contribution in [3.05, 3.63) is 103 Å². The molecule has 3 aromatic carbocycles. The van der Waals surface area contributed by atoms with Crippen LogP contribution in [-0.4, -0.2) is 5.66 Å². The standard InChI is InChI=1S/C24H24P/c1-5-13-21(14-6-1)25(22-15-7-2-8-16-22,23-17-9-3-10-18-23)24-19-11-4-12-20-24/h1-11,13-18,24H,12,19-20H2/q+1. The third-order valence-corrected chi connectivity index (χ3v) is 10.2. The van der Waals surface area contributed by atoms with E-state index < -0.39 is 7.26 Å². The number of rotatable bonds is 4. The van der Waals surface area contributed by atoms with Crippen molar-refractivity contribution >= 4 is 23.2 Å².